The number of fused-ring (bicyclic) bond motifs is 6. The highest BCUT2D eigenvalue weighted by Gasteiger charge is 2.59. The molecule has 4 aliphatic rings. The summed E-state index contributed by atoms with van der Waals surface area (Å²) in [6.07, 6.45) is 22.8. The van der Waals surface area contributed by atoms with Gasteiger partial charge in [0.05, 0.1) is 23.5 Å². The number of nitrogens with zero attached hydrogens (tertiary/aromatic N) is 3. The highest BCUT2D eigenvalue weighted by molar-refractivity contribution is 5.89. The Bertz CT molecular complexity index is 2110. The highest BCUT2D eigenvalue weighted by Crippen LogP contribution is 2.67. The van der Waals surface area contributed by atoms with Gasteiger partial charge in [-0.25, -0.2) is 9.36 Å². The number of azo groups is 1. The van der Waals surface area contributed by atoms with Crippen molar-refractivity contribution in [3.05, 3.63) is 108 Å². The maximum Gasteiger partial charge on any atom is 0.338 e. The van der Waals surface area contributed by atoms with Gasteiger partial charge in [-0.05, 0) is 158 Å². The Morgan fingerprint density at radius 3 is 2.28 bits per heavy atom. The molecular weight excluding hydrogens is 807 g/mol. The lowest BCUT2D eigenvalue weighted by atomic mass is 9.47. The van der Waals surface area contributed by atoms with Gasteiger partial charge in [-0.1, -0.05) is 83.7 Å². The molecule has 0 aliphatic heterocycles. The summed E-state index contributed by atoms with van der Waals surface area (Å²) in [5.74, 6) is 5.56. The third-order valence-electron chi connectivity index (χ3n) is 15.6. The zero-order valence-corrected chi connectivity index (χ0v) is 38.4. The number of hydrogen-bond acceptors (Lipinski definition) is 5. The minimum atomic E-state index is -0.243. The number of rotatable bonds is 15. The van der Waals surface area contributed by atoms with Crippen LogP contribution in [0.1, 0.15) is 128 Å². The molecule has 60 heavy (non-hydrogen) atoms. The Hall–Kier alpha value is -3.84. The van der Waals surface area contributed by atoms with E-state index in [-0.39, 0.29) is 34.5 Å². The van der Waals surface area contributed by atoms with Crippen LogP contribution in [0.5, 0.6) is 5.75 Å². The molecule has 0 saturated heterocycles. The maximum absolute atomic E-state index is 13.4. The van der Waals surface area contributed by atoms with E-state index in [2.05, 4.69) is 98.2 Å². The number of benzene rings is 3. The second kappa shape index (κ2) is 19.5. The normalized spacial score (nSPS) is 27.7. The molecule has 3 fully saturated rings. The Morgan fingerprint density at radius 2 is 1.53 bits per heavy atom. The van der Waals surface area contributed by atoms with E-state index in [0.717, 1.165) is 85.6 Å². The quantitative estimate of drug-likeness (QED) is 0.0393. The number of allylic oxidation sites excluding steroid dienone is 1. The number of carbonyl (C=O) groups excluding carboxylic acids is 1. The monoisotopic (exact) mass is 873 g/mol. The zero-order chi connectivity index (χ0) is 41.0. The molecule has 1 aromatic heterocycles. The van der Waals surface area contributed by atoms with Crippen LogP contribution in [0, 0.1) is 46.3 Å². The fraction of sp³-hybridized carbons (Fsp3) is 0.547. The minimum absolute atomic E-state index is 0. The van der Waals surface area contributed by atoms with Crippen LogP contribution < -0.4 is 26.3 Å². The van der Waals surface area contributed by atoms with Crippen LogP contribution in [0.25, 0.3) is 10.8 Å². The molecule has 0 bridgehead atoms. The molecule has 0 N–H and O–H groups in total. The van der Waals surface area contributed by atoms with Crippen LogP contribution in [0.2, 0.25) is 0 Å². The molecule has 1 heterocycles. The van der Waals surface area contributed by atoms with Crippen molar-refractivity contribution in [2.24, 2.45) is 56.6 Å². The number of aromatic nitrogens is 1. The average Bonchev–Trinajstić information content (AvgIpc) is 3.60. The van der Waals surface area contributed by atoms with Gasteiger partial charge in [0, 0.05) is 24.3 Å². The summed E-state index contributed by atoms with van der Waals surface area (Å²) in [7, 11) is 0. The van der Waals surface area contributed by atoms with Crippen molar-refractivity contribution < 1.29 is 35.8 Å². The van der Waals surface area contributed by atoms with E-state index in [1.165, 1.54) is 62.1 Å². The van der Waals surface area contributed by atoms with Gasteiger partial charge < -0.3 is 26.5 Å². The van der Waals surface area contributed by atoms with Crippen LogP contribution in [-0.4, -0.2) is 18.7 Å². The first-order valence-electron chi connectivity index (χ1n) is 23.1. The summed E-state index contributed by atoms with van der Waals surface area (Å²) in [4.78, 5) is 13.4. The molecule has 0 radical (unpaired) electrons. The largest absolute Gasteiger partial charge is 1.00 e. The zero-order valence-electron chi connectivity index (χ0n) is 36.8. The Balaban J connectivity index is 0.00000544. The van der Waals surface area contributed by atoms with Gasteiger partial charge in [-0.3, -0.25) is 0 Å². The summed E-state index contributed by atoms with van der Waals surface area (Å²) in [6, 6.07) is 25.6. The van der Waals surface area contributed by atoms with Crippen molar-refractivity contribution in [3.63, 3.8) is 0 Å². The number of esters is 1. The Kier molecular flexibility index (Phi) is 14.4. The topological polar surface area (TPSA) is 64.1 Å². The fourth-order valence-electron chi connectivity index (χ4n) is 12.3. The van der Waals surface area contributed by atoms with Crippen molar-refractivity contribution in [2.45, 2.75) is 131 Å². The molecule has 0 spiro atoms. The lowest BCUT2D eigenvalue weighted by molar-refractivity contribution is -0.696. The van der Waals surface area contributed by atoms with Crippen molar-refractivity contribution in [1.29, 1.82) is 0 Å². The summed E-state index contributed by atoms with van der Waals surface area (Å²) in [6.45, 7) is 14.2. The summed E-state index contributed by atoms with van der Waals surface area (Å²) in [5.41, 5.74) is 4.31. The van der Waals surface area contributed by atoms with Crippen LogP contribution in [0.4, 0.5) is 11.4 Å². The molecule has 320 valence electrons. The molecule has 8 unspecified atom stereocenters. The number of pyridine rings is 1. The molecule has 4 aromatic rings. The molecule has 6 nitrogen and oxygen atoms in total. The standard InChI is InChI=1S/C53H68N3O3.BrH/c1-37(2)11-10-12-38(3)48-25-26-49-47-24-17-42-35-46(27-30-52(42,4)50(47)28-31-53(48,49)5)59-51(57)40-15-18-43(19-16-40)54-55-44-20-22-45(23-21-44)58-34-9-8-32-56-33-29-39-13-6-7-14-41(39)36-56;/h6-7,13-23,29,33,36-38,46-50H,8-12,24-28,30-32,34-35H2,1-5H3;1H/q+1;/p-1. The number of halogens is 1. The molecule has 0 amide bonds. The lowest BCUT2D eigenvalue weighted by Crippen LogP contribution is -3.00. The van der Waals surface area contributed by atoms with E-state index in [0.29, 0.717) is 23.3 Å². The number of aryl methyl sites for hydroxylation is 1. The molecule has 8 atom stereocenters. The second-order valence-corrected chi connectivity index (χ2v) is 19.7. The van der Waals surface area contributed by atoms with E-state index >= 15 is 0 Å². The molecule has 3 saturated carbocycles. The molecule has 3 aromatic carbocycles. The fourth-order valence-corrected chi connectivity index (χ4v) is 12.3. The van der Waals surface area contributed by atoms with Gasteiger partial charge in [0.25, 0.3) is 0 Å². The molecule has 7 heteroatoms. The number of hydrogen-bond donors (Lipinski definition) is 0. The molecule has 8 rings (SSSR count). The van der Waals surface area contributed by atoms with Gasteiger partial charge >= 0.3 is 5.97 Å². The van der Waals surface area contributed by atoms with Crippen LogP contribution >= 0.6 is 0 Å². The Morgan fingerprint density at radius 1 is 0.800 bits per heavy atom. The van der Waals surface area contributed by atoms with Gasteiger partial charge in [0.1, 0.15) is 18.4 Å². The average molecular weight is 875 g/mol. The first kappa shape index (κ1) is 44.2. The molecule has 4 aliphatic carbocycles. The minimum Gasteiger partial charge on any atom is -1.00 e. The first-order chi connectivity index (χ1) is 28.6. The lowest BCUT2D eigenvalue weighted by Gasteiger charge is -2.58. The first-order valence-corrected chi connectivity index (χ1v) is 23.1. The van der Waals surface area contributed by atoms with E-state index in [1.807, 2.05) is 48.5 Å². The smallest absolute Gasteiger partial charge is 0.338 e. The van der Waals surface area contributed by atoms with E-state index in [9.17, 15) is 4.79 Å². The van der Waals surface area contributed by atoms with Gasteiger partial charge in [0.2, 0.25) is 0 Å². The Labute approximate surface area is 370 Å². The summed E-state index contributed by atoms with van der Waals surface area (Å²) in [5, 5.41) is 11.4. The predicted octanol–water partition coefficient (Wildman–Crippen LogP) is 11.0. The van der Waals surface area contributed by atoms with Crippen LogP contribution in [0.3, 0.4) is 0 Å². The number of unbranched alkanes of at least 4 members (excludes halogenated alkanes) is 1. The van der Waals surface area contributed by atoms with Crippen molar-refractivity contribution in [2.75, 3.05) is 6.61 Å². The third kappa shape index (κ3) is 9.77. The number of carbonyl (C=O) groups is 1. The summed E-state index contributed by atoms with van der Waals surface area (Å²) >= 11 is 0. The molecular formula is C53H68BrN3O3. The van der Waals surface area contributed by atoms with Gasteiger partial charge in [-0.15, -0.1) is 0 Å². The van der Waals surface area contributed by atoms with Gasteiger partial charge in [0.15, 0.2) is 12.4 Å². The van der Waals surface area contributed by atoms with Gasteiger partial charge in [-0.2, -0.15) is 10.2 Å². The van der Waals surface area contributed by atoms with Crippen molar-refractivity contribution in [1.82, 2.24) is 0 Å². The summed E-state index contributed by atoms with van der Waals surface area (Å²) < 4.78 is 14.4. The van der Waals surface area contributed by atoms with E-state index in [4.69, 9.17) is 9.47 Å². The predicted molar refractivity (Wildman–Crippen MR) is 238 cm³/mol. The van der Waals surface area contributed by atoms with Crippen LogP contribution in [-0.2, 0) is 11.3 Å². The van der Waals surface area contributed by atoms with Crippen molar-refractivity contribution >= 4 is 28.1 Å². The maximum atomic E-state index is 13.4. The highest BCUT2D eigenvalue weighted by atomic mass is 79.9. The van der Waals surface area contributed by atoms with E-state index < -0.39 is 0 Å². The third-order valence-corrected chi connectivity index (χ3v) is 15.6. The van der Waals surface area contributed by atoms with E-state index in [1.54, 1.807) is 5.57 Å². The van der Waals surface area contributed by atoms with Crippen molar-refractivity contribution in [3.8, 4) is 5.75 Å². The SMILES string of the molecule is CC(C)CCCC(C)C1CCC2C3CC=C4CC(OC(=O)c5ccc(N=Nc6ccc(OCCCC[n+]7ccc8ccccc8c7)cc6)cc5)CCC4(C)C3CCC12C.[Br-]. The number of ether oxygens (including phenoxy) is 2. The van der Waals surface area contributed by atoms with Crippen LogP contribution in [0.15, 0.2) is 113 Å². The second-order valence-electron chi connectivity index (χ2n) is 19.7.